The molecule has 100 valence electrons. The summed E-state index contributed by atoms with van der Waals surface area (Å²) in [6, 6.07) is 7.31. The van der Waals surface area contributed by atoms with E-state index in [1.54, 1.807) is 0 Å². The number of carbonyl (C=O) groups is 1. The Morgan fingerprint density at radius 2 is 1.95 bits per heavy atom. The van der Waals surface area contributed by atoms with Crippen molar-refractivity contribution in [2.45, 2.75) is 12.7 Å². The van der Waals surface area contributed by atoms with Crippen molar-refractivity contribution in [1.29, 1.82) is 0 Å². The topological polar surface area (TPSA) is 86.5 Å². The first kappa shape index (κ1) is 13.3. The summed E-state index contributed by atoms with van der Waals surface area (Å²) in [5.74, 6) is -0.330. The van der Waals surface area contributed by atoms with Gasteiger partial charge in [0.2, 0.25) is 0 Å². The predicted molar refractivity (Wildman–Crippen MR) is 66.2 cm³/mol. The van der Waals surface area contributed by atoms with E-state index in [1.807, 2.05) is 0 Å². The van der Waals surface area contributed by atoms with Crippen LogP contribution in [0.25, 0.3) is 0 Å². The second kappa shape index (κ2) is 5.23. The van der Waals surface area contributed by atoms with Crippen molar-refractivity contribution in [1.82, 2.24) is 5.16 Å². The van der Waals surface area contributed by atoms with Gasteiger partial charge in [0.15, 0.2) is 5.78 Å². The van der Waals surface area contributed by atoms with Gasteiger partial charge in [-0.25, -0.2) is 0 Å². The van der Waals surface area contributed by atoms with Gasteiger partial charge in [0.25, 0.3) is 0 Å². The molecule has 2 aromatic rings. The molecule has 0 amide bonds. The summed E-state index contributed by atoms with van der Waals surface area (Å²) in [7, 11) is -3.80. The average Bonchev–Trinajstić information content (AvgIpc) is 2.81. The van der Waals surface area contributed by atoms with Gasteiger partial charge in [-0.15, -0.1) is 0 Å². The van der Waals surface area contributed by atoms with Crippen LogP contribution in [-0.4, -0.2) is 19.4 Å². The number of rotatable bonds is 5. The molecule has 6 nitrogen and oxygen atoms in total. The smallest absolute Gasteiger partial charge is 0.315 e. The Balaban J connectivity index is 2.09. The Bertz CT molecular complexity index is 659. The second-order valence-corrected chi connectivity index (χ2v) is 5.43. The van der Waals surface area contributed by atoms with Crippen molar-refractivity contribution < 1.29 is 21.9 Å². The molecule has 0 N–H and O–H groups in total. The number of ketones is 1. The van der Waals surface area contributed by atoms with E-state index in [2.05, 4.69) is 9.68 Å². The number of carbonyl (C=O) groups excluding carboxylic acids is 1. The third-order valence-electron chi connectivity index (χ3n) is 2.30. The SMILES string of the molecule is CC(=O)c1ccc(OS(=O)(=O)Cc2ccon2)cc1. The fourth-order valence-corrected chi connectivity index (χ4v) is 2.39. The minimum absolute atomic E-state index is 0.1000. The van der Waals surface area contributed by atoms with Gasteiger partial charge in [-0.2, -0.15) is 8.42 Å². The standard InChI is InChI=1S/C12H11NO5S/c1-9(14)10-2-4-12(5-3-10)18-19(15,16)8-11-6-7-17-13-11/h2-7H,8H2,1H3. The minimum atomic E-state index is -3.80. The van der Waals surface area contributed by atoms with Crippen LogP contribution in [0.5, 0.6) is 5.75 Å². The van der Waals surface area contributed by atoms with E-state index in [1.165, 1.54) is 43.5 Å². The number of hydrogen-bond acceptors (Lipinski definition) is 6. The molecule has 0 saturated carbocycles. The van der Waals surface area contributed by atoms with Crippen molar-refractivity contribution in [3.8, 4) is 5.75 Å². The highest BCUT2D eigenvalue weighted by atomic mass is 32.2. The molecule has 0 atom stereocenters. The van der Waals surface area contributed by atoms with Crippen LogP contribution in [0.3, 0.4) is 0 Å². The third kappa shape index (κ3) is 3.65. The van der Waals surface area contributed by atoms with E-state index in [0.29, 0.717) is 5.56 Å². The number of Topliss-reactive ketones (excluding diaryl/α,β-unsaturated/α-hetero) is 1. The predicted octanol–water partition coefficient (Wildman–Crippen LogP) is 1.79. The number of hydrogen-bond donors (Lipinski definition) is 0. The first-order valence-electron chi connectivity index (χ1n) is 5.39. The largest absolute Gasteiger partial charge is 0.382 e. The second-order valence-electron chi connectivity index (χ2n) is 3.86. The lowest BCUT2D eigenvalue weighted by atomic mass is 10.1. The van der Waals surface area contributed by atoms with Gasteiger partial charge in [-0.3, -0.25) is 4.79 Å². The maximum absolute atomic E-state index is 11.7. The van der Waals surface area contributed by atoms with Gasteiger partial charge in [0, 0.05) is 11.6 Å². The highest BCUT2D eigenvalue weighted by molar-refractivity contribution is 7.86. The average molecular weight is 281 g/mol. The zero-order valence-electron chi connectivity index (χ0n) is 10.1. The summed E-state index contributed by atoms with van der Waals surface area (Å²) in [5, 5.41) is 3.50. The maximum Gasteiger partial charge on any atom is 0.315 e. The Kier molecular flexibility index (Phi) is 3.66. The van der Waals surface area contributed by atoms with E-state index in [0.717, 1.165) is 0 Å². The first-order valence-corrected chi connectivity index (χ1v) is 6.96. The van der Waals surface area contributed by atoms with Gasteiger partial charge in [0.1, 0.15) is 23.5 Å². The lowest BCUT2D eigenvalue weighted by Crippen LogP contribution is -2.12. The molecule has 0 saturated heterocycles. The summed E-state index contributed by atoms with van der Waals surface area (Å²) in [4.78, 5) is 11.1. The molecule has 0 bridgehead atoms. The molecule has 2 rings (SSSR count). The summed E-state index contributed by atoms with van der Waals surface area (Å²) in [5.41, 5.74) is 0.751. The molecule has 0 unspecified atom stereocenters. The van der Waals surface area contributed by atoms with Crippen molar-refractivity contribution in [2.24, 2.45) is 0 Å². The first-order chi connectivity index (χ1) is 8.96. The summed E-state index contributed by atoms with van der Waals surface area (Å²) in [6.45, 7) is 1.43. The van der Waals surface area contributed by atoms with Crippen molar-refractivity contribution in [3.63, 3.8) is 0 Å². The molecule has 0 fully saturated rings. The number of nitrogens with zero attached hydrogens (tertiary/aromatic N) is 1. The van der Waals surface area contributed by atoms with Crippen LogP contribution in [0.2, 0.25) is 0 Å². The zero-order chi connectivity index (χ0) is 13.9. The van der Waals surface area contributed by atoms with E-state index in [9.17, 15) is 13.2 Å². The quantitative estimate of drug-likeness (QED) is 0.613. The van der Waals surface area contributed by atoms with E-state index < -0.39 is 10.1 Å². The highest BCUT2D eigenvalue weighted by Crippen LogP contribution is 2.16. The molecule has 0 aliphatic carbocycles. The van der Waals surface area contributed by atoms with Crippen LogP contribution in [-0.2, 0) is 15.9 Å². The van der Waals surface area contributed by atoms with Crippen LogP contribution in [0, 0.1) is 0 Å². The normalized spacial score (nSPS) is 11.2. The van der Waals surface area contributed by atoms with E-state index in [4.69, 9.17) is 4.18 Å². The van der Waals surface area contributed by atoms with Gasteiger partial charge in [0.05, 0.1) is 0 Å². The molecule has 19 heavy (non-hydrogen) atoms. The molecular formula is C12H11NO5S. The monoisotopic (exact) mass is 281 g/mol. The van der Waals surface area contributed by atoms with Crippen LogP contribution in [0.15, 0.2) is 41.1 Å². The summed E-state index contributed by atoms with van der Waals surface area (Å²) < 4.78 is 32.9. The highest BCUT2D eigenvalue weighted by Gasteiger charge is 2.16. The minimum Gasteiger partial charge on any atom is -0.382 e. The Labute approximate surface area is 110 Å². The fourth-order valence-electron chi connectivity index (χ4n) is 1.41. The molecular weight excluding hydrogens is 270 g/mol. The molecule has 7 heteroatoms. The van der Waals surface area contributed by atoms with Gasteiger partial charge < -0.3 is 8.71 Å². The van der Waals surface area contributed by atoms with Crippen molar-refractivity contribution in [3.05, 3.63) is 47.9 Å². The molecule has 1 aromatic carbocycles. The molecule has 0 radical (unpaired) electrons. The van der Waals surface area contributed by atoms with Crippen LogP contribution < -0.4 is 4.18 Å². The summed E-state index contributed by atoms with van der Waals surface area (Å²) >= 11 is 0. The van der Waals surface area contributed by atoms with Crippen LogP contribution in [0.4, 0.5) is 0 Å². The molecule has 1 aromatic heterocycles. The van der Waals surface area contributed by atoms with E-state index in [-0.39, 0.29) is 23.0 Å². The fraction of sp³-hybridized carbons (Fsp3) is 0.167. The third-order valence-corrected chi connectivity index (χ3v) is 3.40. The summed E-state index contributed by atoms with van der Waals surface area (Å²) in [6.07, 6.45) is 1.28. The van der Waals surface area contributed by atoms with Gasteiger partial charge in [-0.1, -0.05) is 5.16 Å². The van der Waals surface area contributed by atoms with Crippen molar-refractivity contribution >= 4 is 15.9 Å². The van der Waals surface area contributed by atoms with Crippen LogP contribution >= 0.6 is 0 Å². The van der Waals surface area contributed by atoms with Gasteiger partial charge >= 0.3 is 10.1 Å². The molecule has 0 spiro atoms. The zero-order valence-corrected chi connectivity index (χ0v) is 10.9. The Morgan fingerprint density at radius 1 is 1.26 bits per heavy atom. The Morgan fingerprint density at radius 3 is 2.47 bits per heavy atom. The molecule has 1 heterocycles. The molecule has 0 aliphatic rings. The lowest BCUT2D eigenvalue weighted by Gasteiger charge is -2.05. The Hall–Kier alpha value is -2.15. The number of benzene rings is 1. The van der Waals surface area contributed by atoms with Gasteiger partial charge in [-0.05, 0) is 31.2 Å². The lowest BCUT2D eigenvalue weighted by molar-refractivity contribution is 0.101. The number of aromatic nitrogens is 1. The maximum atomic E-state index is 11.7. The van der Waals surface area contributed by atoms with Crippen LogP contribution in [0.1, 0.15) is 23.0 Å². The van der Waals surface area contributed by atoms with E-state index >= 15 is 0 Å². The van der Waals surface area contributed by atoms with Crippen molar-refractivity contribution in [2.75, 3.05) is 0 Å². The molecule has 0 aliphatic heterocycles.